The minimum absolute atomic E-state index is 0. The van der Waals surface area contributed by atoms with Crippen molar-refractivity contribution in [3.8, 4) is 0 Å². The van der Waals surface area contributed by atoms with E-state index in [1.54, 1.807) is 0 Å². The van der Waals surface area contributed by atoms with Crippen molar-refractivity contribution >= 4 is 18.3 Å². The first-order chi connectivity index (χ1) is 13.7. The molecule has 2 saturated carbocycles. The minimum Gasteiger partial charge on any atom is -0.331 e. The summed E-state index contributed by atoms with van der Waals surface area (Å²) >= 11 is 0. The second-order valence-electron chi connectivity index (χ2n) is 9.06. The molecule has 2 aromatic carbocycles. The lowest BCUT2D eigenvalue weighted by Gasteiger charge is -2.46. The number of halogens is 1. The Morgan fingerprint density at radius 2 is 1.52 bits per heavy atom. The van der Waals surface area contributed by atoms with Crippen LogP contribution in [0, 0.1) is 17.8 Å². The molecule has 0 saturated heterocycles. The Labute approximate surface area is 180 Å². The molecule has 2 N–H and O–H groups in total. The molecule has 2 fully saturated rings. The SMILES string of the molecule is Cl.NC1C2CCCC1CC(C(=O)N1Cc3ccccc3CC1c1ccccc1)C2. The third-order valence-corrected chi connectivity index (χ3v) is 7.48. The monoisotopic (exact) mass is 410 g/mol. The first-order valence-electron chi connectivity index (χ1n) is 10.9. The summed E-state index contributed by atoms with van der Waals surface area (Å²) in [4.78, 5) is 15.9. The second-order valence-corrected chi connectivity index (χ2v) is 9.06. The molecule has 3 unspecified atom stereocenters. The molecule has 154 valence electrons. The first-order valence-corrected chi connectivity index (χ1v) is 10.9. The topological polar surface area (TPSA) is 46.3 Å². The van der Waals surface area contributed by atoms with Crippen LogP contribution in [0.3, 0.4) is 0 Å². The van der Waals surface area contributed by atoms with Crippen molar-refractivity contribution in [2.45, 2.75) is 57.2 Å². The highest BCUT2D eigenvalue weighted by Crippen LogP contribution is 2.44. The van der Waals surface area contributed by atoms with Crippen LogP contribution < -0.4 is 5.73 Å². The van der Waals surface area contributed by atoms with Crippen LogP contribution in [-0.4, -0.2) is 16.8 Å². The lowest BCUT2D eigenvalue weighted by molar-refractivity contribution is -0.142. The van der Waals surface area contributed by atoms with Gasteiger partial charge in [0.15, 0.2) is 0 Å². The van der Waals surface area contributed by atoms with Crippen molar-refractivity contribution in [3.05, 3.63) is 71.3 Å². The Hall–Kier alpha value is -1.84. The van der Waals surface area contributed by atoms with Gasteiger partial charge in [0.1, 0.15) is 0 Å². The lowest BCUT2D eigenvalue weighted by atomic mass is 9.64. The predicted octanol–water partition coefficient (Wildman–Crippen LogP) is 4.89. The van der Waals surface area contributed by atoms with Gasteiger partial charge in [-0.2, -0.15) is 0 Å². The quantitative estimate of drug-likeness (QED) is 0.766. The fourth-order valence-electron chi connectivity index (χ4n) is 5.95. The number of hydrogen-bond acceptors (Lipinski definition) is 2. The highest BCUT2D eigenvalue weighted by Gasteiger charge is 2.43. The van der Waals surface area contributed by atoms with Gasteiger partial charge in [-0.15, -0.1) is 12.4 Å². The van der Waals surface area contributed by atoms with E-state index in [0.29, 0.717) is 23.8 Å². The molecule has 5 rings (SSSR count). The van der Waals surface area contributed by atoms with Crippen molar-refractivity contribution in [2.75, 3.05) is 0 Å². The van der Waals surface area contributed by atoms with Gasteiger partial charge < -0.3 is 10.6 Å². The van der Waals surface area contributed by atoms with Crippen molar-refractivity contribution in [1.29, 1.82) is 0 Å². The molecule has 2 aliphatic carbocycles. The minimum atomic E-state index is 0. The van der Waals surface area contributed by atoms with Crippen molar-refractivity contribution in [3.63, 3.8) is 0 Å². The number of fused-ring (bicyclic) bond motifs is 3. The van der Waals surface area contributed by atoms with E-state index in [2.05, 4.69) is 59.5 Å². The van der Waals surface area contributed by atoms with E-state index in [9.17, 15) is 4.79 Å². The Balaban J connectivity index is 0.00000205. The van der Waals surface area contributed by atoms with E-state index in [4.69, 9.17) is 5.73 Å². The summed E-state index contributed by atoms with van der Waals surface area (Å²) in [5.41, 5.74) is 10.4. The maximum Gasteiger partial charge on any atom is 0.226 e. The number of carbonyl (C=O) groups excluding carboxylic acids is 1. The molecule has 3 atom stereocenters. The summed E-state index contributed by atoms with van der Waals surface area (Å²) in [5, 5.41) is 0. The van der Waals surface area contributed by atoms with E-state index < -0.39 is 0 Å². The summed E-state index contributed by atoms with van der Waals surface area (Å²) < 4.78 is 0. The number of nitrogens with two attached hydrogens (primary N) is 1. The highest BCUT2D eigenvalue weighted by molar-refractivity contribution is 5.85. The average molecular weight is 411 g/mol. The Kier molecular flexibility index (Phi) is 5.98. The number of hydrogen-bond donors (Lipinski definition) is 1. The van der Waals surface area contributed by atoms with Gasteiger partial charge in [0.25, 0.3) is 0 Å². The average Bonchev–Trinajstić information content (AvgIpc) is 2.73. The first kappa shape index (κ1) is 20.4. The summed E-state index contributed by atoms with van der Waals surface area (Å²) in [6.07, 6.45) is 6.56. The molecule has 0 spiro atoms. The third kappa shape index (κ3) is 3.83. The standard InChI is InChI=1S/C25H30N2O.ClH/c26-24-19-11-6-12-20(24)14-22(13-19)25(28)27-16-21-10-5-4-9-18(21)15-23(27)17-7-2-1-3-8-17;/h1-5,7-10,19-20,22-24H,6,11-16,26H2;1H. The van der Waals surface area contributed by atoms with Crippen LogP contribution in [0.2, 0.25) is 0 Å². The number of benzene rings is 2. The summed E-state index contributed by atoms with van der Waals surface area (Å²) in [5.74, 6) is 1.57. The third-order valence-electron chi connectivity index (χ3n) is 7.48. The molecule has 3 nitrogen and oxygen atoms in total. The molecule has 2 bridgehead atoms. The molecule has 0 radical (unpaired) electrons. The maximum atomic E-state index is 13.8. The molecular weight excluding hydrogens is 380 g/mol. The van der Waals surface area contributed by atoms with Crippen molar-refractivity contribution < 1.29 is 4.79 Å². The van der Waals surface area contributed by atoms with Crippen LogP contribution in [-0.2, 0) is 17.8 Å². The summed E-state index contributed by atoms with van der Waals surface area (Å²) in [6, 6.07) is 19.6. The van der Waals surface area contributed by atoms with Gasteiger partial charge >= 0.3 is 0 Å². The predicted molar refractivity (Wildman–Crippen MR) is 119 cm³/mol. The smallest absolute Gasteiger partial charge is 0.226 e. The Morgan fingerprint density at radius 3 is 2.21 bits per heavy atom. The number of rotatable bonds is 2. The zero-order valence-corrected chi connectivity index (χ0v) is 17.7. The van der Waals surface area contributed by atoms with Crippen LogP contribution in [0.25, 0.3) is 0 Å². The molecular formula is C25H31ClN2O. The molecule has 2 aromatic rings. The molecule has 1 aliphatic heterocycles. The van der Waals surface area contributed by atoms with Crippen LogP contribution >= 0.6 is 12.4 Å². The van der Waals surface area contributed by atoms with Crippen LogP contribution in [0.4, 0.5) is 0 Å². The number of amides is 1. The van der Waals surface area contributed by atoms with Gasteiger partial charge in [0.05, 0.1) is 6.04 Å². The van der Waals surface area contributed by atoms with Crippen LogP contribution in [0.5, 0.6) is 0 Å². The van der Waals surface area contributed by atoms with Gasteiger partial charge in [-0.3, -0.25) is 4.79 Å². The molecule has 29 heavy (non-hydrogen) atoms. The Bertz CT molecular complexity index is 841. The molecule has 1 heterocycles. The molecule has 3 aliphatic rings. The Morgan fingerprint density at radius 1 is 0.897 bits per heavy atom. The van der Waals surface area contributed by atoms with E-state index in [1.165, 1.54) is 36.0 Å². The molecule has 1 amide bonds. The van der Waals surface area contributed by atoms with Gasteiger partial charge in [-0.25, -0.2) is 0 Å². The molecule has 0 aromatic heterocycles. The van der Waals surface area contributed by atoms with Gasteiger partial charge in [0, 0.05) is 18.5 Å². The van der Waals surface area contributed by atoms with Crippen LogP contribution in [0.15, 0.2) is 54.6 Å². The van der Waals surface area contributed by atoms with Gasteiger partial charge in [-0.1, -0.05) is 61.0 Å². The van der Waals surface area contributed by atoms with E-state index in [-0.39, 0.29) is 24.4 Å². The van der Waals surface area contributed by atoms with Crippen molar-refractivity contribution in [1.82, 2.24) is 4.90 Å². The van der Waals surface area contributed by atoms with E-state index in [1.807, 2.05) is 0 Å². The van der Waals surface area contributed by atoms with Gasteiger partial charge in [0.2, 0.25) is 5.91 Å². The number of carbonyl (C=O) groups is 1. The largest absolute Gasteiger partial charge is 0.331 e. The zero-order valence-electron chi connectivity index (χ0n) is 16.9. The fourth-order valence-corrected chi connectivity index (χ4v) is 5.95. The second kappa shape index (κ2) is 8.49. The lowest BCUT2D eigenvalue weighted by Crippen LogP contribution is -2.50. The van der Waals surface area contributed by atoms with E-state index in [0.717, 1.165) is 25.8 Å². The number of nitrogens with zero attached hydrogens (tertiary/aromatic N) is 1. The highest BCUT2D eigenvalue weighted by atomic mass is 35.5. The zero-order chi connectivity index (χ0) is 19.1. The van der Waals surface area contributed by atoms with Crippen LogP contribution in [0.1, 0.15) is 54.8 Å². The van der Waals surface area contributed by atoms with E-state index >= 15 is 0 Å². The fraction of sp³-hybridized carbons (Fsp3) is 0.480. The van der Waals surface area contributed by atoms with Crippen molar-refractivity contribution in [2.24, 2.45) is 23.5 Å². The molecule has 4 heteroatoms. The summed E-state index contributed by atoms with van der Waals surface area (Å²) in [6.45, 7) is 0.729. The maximum absolute atomic E-state index is 13.8. The summed E-state index contributed by atoms with van der Waals surface area (Å²) in [7, 11) is 0. The van der Waals surface area contributed by atoms with Gasteiger partial charge in [-0.05, 0) is 60.6 Å². The normalized spacial score (nSPS) is 30.8.